The van der Waals surface area contributed by atoms with E-state index in [1.807, 2.05) is 18.2 Å². The molecule has 0 amide bonds. The van der Waals surface area contributed by atoms with Gasteiger partial charge in [-0.3, -0.25) is 4.99 Å². The van der Waals surface area contributed by atoms with Crippen LogP contribution in [0.15, 0.2) is 23.2 Å². The Hall–Kier alpha value is -1.95. The number of hydrogen-bond acceptors (Lipinski definition) is 4. The van der Waals surface area contributed by atoms with E-state index in [9.17, 15) is 0 Å². The van der Waals surface area contributed by atoms with Crippen LogP contribution in [0.3, 0.4) is 0 Å². The molecule has 1 aromatic carbocycles. The Bertz CT molecular complexity index is 584. The zero-order chi connectivity index (χ0) is 19.5. The number of rotatable bonds is 9. The van der Waals surface area contributed by atoms with E-state index in [-0.39, 0.29) is 0 Å². The summed E-state index contributed by atoms with van der Waals surface area (Å²) < 4.78 is 10.6. The molecular weight excluding hydrogens is 340 g/mol. The molecule has 6 nitrogen and oxygen atoms in total. The minimum atomic E-state index is 0.686. The first-order chi connectivity index (χ1) is 13.2. The number of guanidine groups is 1. The van der Waals surface area contributed by atoms with Crippen LogP contribution in [0.2, 0.25) is 0 Å². The van der Waals surface area contributed by atoms with Gasteiger partial charge in [-0.2, -0.15) is 0 Å². The van der Waals surface area contributed by atoms with Crippen LogP contribution in [0, 0.1) is 5.92 Å². The number of nitrogens with zero attached hydrogens (tertiary/aromatic N) is 2. The zero-order valence-corrected chi connectivity index (χ0v) is 17.4. The number of nitrogens with one attached hydrogen (secondary N) is 2. The summed E-state index contributed by atoms with van der Waals surface area (Å²) in [7, 11) is 5.10. The first kappa shape index (κ1) is 21.4. The highest BCUT2D eigenvalue weighted by Crippen LogP contribution is 2.27. The Morgan fingerprint density at radius 3 is 2.52 bits per heavy atom. The van der Waals surface area contributed by atoms with Crippen molar-refractivity contribution >= 4 is 5.96 Å². The fourth-order valence-corrected chi connectivity index (χ4v) is 3.35. The van der Waals surface area contributed by atoms with Gasteiger partial charge >= 0.3 is 0 Å². The summed E-state index contributed by atoms with van der Waals surface area (Å²) in [4.78, 5) is 6.90. The number of ether oxygens (including phenoxy) is 2. The van der Waals surface area contributed by atoms with E-state index < -0.39 is 0 Å². The van der Waals surface area contributed by atoms with Crippen molar-refractivity contribution in [3.8, 4) is 11.5 Å². The van der Waals surface area contributed by atoms with Crippen LogP contribution in [0.4, 0.5) is 0 Å². The summed E-state index contributed by atoms with van der Waals surface area (Å²) in [6, 6.07) is 5.94. The molecule has 1 fully saturated rings. The molecule has 0 radical (unpaired) electrons. The number of benzene rings is 1. The lowest BCUT2D eigenvalue weighted by atomic mass is 9.99. The zero-order valence-electron chi connectivity index (χ0n) is 17.4. The third-order valence-electron chi connectivity index (χ3n) is 5.20. The first-order valence-electron chi connectivity index (χ1n) is 10.0. The third kappa shape index (κ3) is 7.29. The van der Waals surface area contributed by atoms with Crippen LogP contribution >= 0.6 is 0 Å². The van der Waals surface area contributed by atoms with Crippen molar-refractivity contribution in [3.05, 3.63) is 23.8 Å². The second-order valence-corrected chi connectivity index (χ2v) is 7.27. The van der Waals surface area contributed by atoms with Gasteiger partial charge in [0, 0.05) is 20.1 Å². The molecule has 0 saturated carbocycles. The van der Waals surface area contributed by atoms with E-state index in [4.69, 9.17) is 9.47 Å². The molecule has 2 rings (SSSR count). The van der Waals surface area contributed by atoms with Gasteiger partial charge in [0.25, 0.3) is 0 Å². The molecule has 1 heterocycles. The maximum Gasteiger partial charge on any atom is 0.191 e. The van der Waals surface area contributed by atoms with Gasteiger partial charge in [0.15, 0.2) is 17.5 Å². The van der Waals surface area contributed by atoms with Gasteiger partial charge in [-0.1, -0.05) is 13.0 Å². The van der Waals surface area contributed by atoms with Gasteiger partial charge in [0.2, 0.25) is 0 Å². The second kappa shape index (κ2) is 11.7. The Kier molecular flexibility index (Phi) is 9.25. The lowest BCUT2D eigenvalue weighted by Crippen LogP contribution is -2.38. The summed E-state index contributed by atoms with van der Waals surface area (Å²) in [6.45, 7) is 7.74. The average molecular weight is 377 g/mol. The Morgan fingerprint density at radius 2 is 1.85 bits per heavy atom. The molecule has 0 aromatic heterocycles. The maximum atomic E-state index is 5.36. The largest absolute Gasteiger partial charge is 0.493 e. The fraction of sp³-hybridized carbons (Fsp3) is 0.667. The van der Waals surface area contributed by atoms with Crippen molar-refractivity contribution < 1.29 is 9.47 Å². The maximum absolute atomic E-state index is 5.36. The molecule has 1 saturated heterocycles. The van der Waals surface area contributed by atoms with Gasteiger partial charge < -0.3 is 25.0 Å². The number of aliphatic imine (C=N–C) groups is 1. The highest BCUT2D eigenvalue weighted by Gasteiger charge is 2.14. The lowest BCUT2D eigenvalue weighted by molar-refractivity contribution is 0.189. The Balaban J connectivity index is 1.64. The molecule has 6 heteroatoms. The third-order valence-corrected chi connectivity index (χ3v) is 5.20. The summed E-state index contributed by atoms with van der Waals surface area (Å²) in [5, 5.41) is 6.75. The Morgan fingerprint density at radius 1 is 1.11 bits per heavy atom. The van der Waals surface area contributed by atoms with Crippen LogP contribution in [0.1, 0.15) is 38.2 Å². The van der Waals surface area contributed by atoms with Crippen LogP contribution in [-0.4, -0.2) is 58.3 Å². The van der Waals surface area contributed by atoms with Gasteiger partial charge in [-0.15, -0.1) is 0 Å². The van der Waals surface area contributed by atoms with E-state index in [0.717, 1.165) is 41.9 Å². The highest BCUT2D eigenvalue weighted by atomic mass is 16.5. The van der Waals surface area contributed by atoms with Crippen LogP contribution < -0.4 is 20.1 Å². The van der Waals surface area contributed by atoms with Crippen LogP contribution in [0.5, 0.6) is 11.5 Å². The van der Waals surface area contributed by atoms with Gasteiger partial charge in [0.1, 0.15) is 0 Å². The predicted octanol–water partition coefficient (Wildman–Crippen LogP) is 2.88. The normalized spacial score (nSPS) is 16.2. The average Bonchev–Trinajstić information content (AvgIpc) is 2.71. The van der Waals surface area contributed by atoms with Gasteiger partial charge in [-0.05, 0) is 68.9 Å². The minimum absolute atomic E-state index is 0.686. The number of piperidine rings is 1. The molecule has 27 heavy (non-hydrogen) atoms. The summed E-state index contributed by atoms with van der Waals surface area (Å²) >= 11 is 0. The second-order valence-electron chi connectivity index (χ2n) is 7.27. The minimum Gasteiger partial charge on any atom is -0.493 e. The molecular formula is C21H36N4O2. The van der Waals surface area contributed by atoms with E-state index in [2.05, 4.69) is 27.4 Å². The van der Waals surface area contributed by atoms with E-state index in [1.54, 1.807) is 21.3 Å². The molecule has 0 aliphatic carbocycles. The molecule has 1 aliphatic rings. The van der Waals surface area contributed by atoms with Crippen molar-refractivity contribution in [2.45, 2.75) is 39.2 Å². The molecule has 1 aliphatic heterocycles. The molecule has 0 atom stereocenters. The van der Waals surface area contributed by atoms with Gasteiger partial charge in [-0.25, -0.2) is 0 Å². The number of likely N-dealkylation sites (tertiary alicyclic amines) is 1. The molecule has 0 spiro atoms. The molecule has 1 aromatic rings. The van der Waals surface area contributed by atoms with E-state index in [1.165, 1.54) is 38.9 Å². The number of hydrogen-bond donors (Lipinski definition) is 2. The molecule has 0 unspecified atom stereocenters. The first-order valence-corrected chi connectivity index (χ1v) is 10.0. The summed E-state index contributed by atoms with van der Waals surface area (Å²) in [6.07, 6.45) is 5.09. The SMILES string of the molecule is CN=C(NCCCCN1CCC(C)CC1)NCc1ccc(OC)c(OC)c1. The highest BCUT2D eigenvalue weighted by molar-refractivity contribution is 5.79. The van der Waals surface area contributed by atoms with Gasteiger partial charge in [0.05, 0.1) is 14.2 Å². The lowest BCUT2D eigenvalue weighted by Gasteiger charge is -2.30. The van der Waals surface area contributed by atoms with Crippen molar-refractivity contribution in [2.24, 2.45) is 10.9 Å². The predicted molar refractivity (Wildman–Crippen MR) is 112 cm³/mol. The number of methoxy groups -OCH3 is 2. The topological polar surface area (TPSA) is 58.1 Å². The Labute approximate surface area is 164 Å². The van der Waals surface area contributed by atoms with Crippen molar-refractivity contribution in [1.82, 2.24) is 15.5 Å². The van der Waals surface area contributed by atoms with E-state index >= 15 is 0 Å². The van der Waals surface area contributed by atoms with Crippen molar-refractivity contribution in [1.29, 1.82) is 0 Å². The van der Waals surface area contributed by atoms with Crippen LogP contribution in [0.25, 0.3) is 0 Å². The van der Waals surface area contributed by atoms with Crippen molar-refractivity contribution in [3.63, 3.8) is 0 Å². The molecule has 0 bridgehead atoms. The van der Waals surface area contributed by atoms with Crippen LogP contribution in [-0.2, 0) is 6.54 Å². The fourth-order valence-electron chi connectivity index (χ4n) is 3.35. The summed E-state index contributed by atoms with van der Waals surface area (Å²) in [5.41, 5.74) is 1.12. The monoisotopic (exact) mass is 376 g/mol. The van der Waals surface area contributed by atoms with E-state index in [0.29, 0.717) is 6.54 Å². The molecule has 152 valence electrons. The number of unbranched alkanes of at least 4 members (excludes halogenated alkanes) is 1. The molecule has 2 N–H and O–H groups in total. The van der Waals surface area contributed by atoms with Crippen molar-refractivity contribution in [2.75, 3.05) is 47.4 Å². The standard InChI is InChI=1S/C21H36N4O2/c1-17-9-13-25(14-10-17)12-6-5-11-23-21(22-2)24-16-18-7-8-19(26-3)20(15-18)27-4/h7-8,15,17H,5-6,9-14,16H2,1-4H3,(H2,22,23,24). The smallest absolute Gasteiger partial charge is 0.191 e. The summed E-state index contributed by atoms with van der Waals surface area (Å²) in [5.74, 6) is 3.22. The quantitative estimate of drug-likeness (QED) is 0.394.